The average molecular weight is 611 g/mol. The van der Waals surface area contributed by atoms with Crippen molar-refractivity contribution in [2.75, 3.05) is 0 Å². The highest BCUT2D eigenvalue weighted by Gasteiger charge is 2.23. The third kappa shape index (κ3) is 6.14. The molecule has 1 heterocycles. The second kappa shape index (κ2) is 13.3. The van der Waals surface area contributed by atoms with E-state index in [9.17, 15) is 23.2 Å². The molecule has 0 saturated carbocycles. The van der Waals surface area contributed by atoms with Crippen LogP contribution in [0.3, 0.4) is 0 Å². The van der Waals surface area contributed by atoms with Gasteiger partial charge in [-0.2, -0.15) is 8.42 Å². The zero-order valence-electron chi connectivity index (χ0n) is 24.7. The SMILES string of the molecule is CCCCCC/C(=N\O)C(=O)c1ccc2c(c1)c1cc(C(=O)c3ccccc3OS(=O)(=O)c3ccccc3)ccc1n2CC. The Kier molecular flexibility index (Phi) is 9.25. The van der Waals surface area contributed by atoms with Gasteiger partial charge in [-0.15, -0.1) is 0 Å². The van der Waals surface area contributed by atoms with Gasteiger partial charge in [0.05, 0.1) is 5.56 Å². The molecule has 9 heteroatoms. The van der Waals surface area contributed by atoms with E-state index in [2.05, 4.69) is 16.6 Å². The molecule has 0 aliphatic heterocycles. The van der Waals surface area contributed by atoms with Crippen LogP contribution in [-0.4, -0.2) is 35.5 Å². The lowest BCUT2D eigenvalue weighted by atomic mass is 9.98. The maximum absolute atomic E-state index is 13.8. The second-order valence-electron chi connectivity index (χ2n) is 10.6. The lowest BCUT2D eigenvalue weighted by Crippen LogP contribution is -2.14. The van der Waals surface area contributed by atoms with E-state index in [1.165, 1.54) is 24.3 Å². The Morgan fingerprint density at radius 3 is 2.09 bits per heavy atom. The summed E-state index contributed by atoms with van der Waals surface area (Å²) in [5.74, 6) is -0.807. The maximum Gasteiger partial charge on any atom is 0.339 e. The molecule has 1 N–H and O–H groups in total. The molecule has 0 saturated heterocycles. The average Bonchev–Trinajstić information content (AvgIpc) is 3.37. The molecule has 0 aliphatic carbocycles. The Hall–Kier alpha value is -4.76. The van der Waals surface area contributed by atoms with E-state index in [-0.39, 0.29) is 27.7 Å². The van der Waals surface area contributed by atoms with Crippen molar-refractivity contribution in [3.63, 3.8) is 0 Å². The van der Waals surface area contributed by atoms with E-state index in [0.29, 0.717) is 24.1 Å². The van der Waals surface area contributed by atoms with E-state index in [0.717, 1.165) is 47.5 Å². The van der Waals surface area contributed by atoms with E-state index in [1.807, 2.05) is 19.1 Å². The number of Topliss-reactive ketones (excluding diaryl/α,β-unsaturated/α-hetero) is 1. The van der Waals surface area contributed by atoms with Crippen molar-refractivity contribution in [3.8, 4) is 5.75 Å². The Morgan fingerprint density at radius 2 is 1.43 bits per heavy atom. The highest BCUT2D eigenvalue weighted by atomic mass is 32.2. The van der Waals surface area contributed by atoms with Crippen LogP contribution in [0.4, 0.5) is 0 Å². The molecule has 0 bridgehead atoms. The van der Waals surface area contributed by atoms with Crippen LogP contribution in [0.2, 0.25) is 0 Å². The number of carbonyl (C=O) groups is 2. The molecule has 5 aromatic rings. The van der Waals surface area contributed by atoms with Crippen LogP contribution in [0.5, 0.6) is 5.75 Å². The summed E-state index contributed by atoms with van der Waals surface area (Å²) in [7, 11) is -4.16. The van der Waals surface area contributed by atoms with E-state index in [1.54, 1.807) is 54.6 Å². The van der Waals surface area contributed by atoms with Gasteiger partial charge < -0.3 is 14.0 Å². The fourth-order valence-electron chi connectivity index (χ4n) is 5.46. The molecule has 4 aromatic carbocycles. The zero-order chi connectivity index (χ0) is 31.3. The first-order valence-electron chi connectivity index (χ1n) is 14.7. The molecule has 0 radical (unpaired) electrons. The third-order valence-electron chi connectivity index (χ3n) is 7.72. The van der Waals surface area contributed by atoms with Crippen LogP contribution in [0.1, 0.15) is 72.2 Å². The number of fused-ring (bicyclic) bond motifs is 3. The molecule has 8 nitrogen and oxygen atoms in total. The summed E-state index contributed by atoms with van der Waals surface area (Å²) in [4.78, 5) is 27.1. The Balaban J connectivity index is 1.52. The number of benzene rings is 4. The molecule has 0 fully saturated rings. The molecule has 1 aromatic heterocycles. The van der Waals surface area contributed by atoms with Gasteiger partial charge in [-0.05, 0) is 80.4 Å². The summed E-state index contributed by atoms with van der Waals surface area (Å²) in [6.45, 7) is 4.79. The van der Waals surface area contributed by atoms with Gasteiger partial charge in [-0.1, -0.05) is 61.7 Å². The smallest absolute Gasteiger partial charge is 0.339 e. The predicted octanol–water partition coefficient (Wildman–Crippen LogP) is 7.80. The Bertz CT molecular complexity index is 1980. The maximum atomic E-state index is 13.8. The van der Waals surface area contributed by atoms with E-state index < -0.39 is 15.9 Å². The first kappa shape index (κ1) is 30.7. The van der Waals surface area contributed by atoms with Gasteiger partial charge in [0, 0.05) is 39.5 Å². The molecule has 0 aliphatic rings. The molecule has 0 spiro atoms. The number of nitrogens with zero attached hydrogens (tertiary/aromatic N) is 2. The number of unbranched alkanes of at least 4 members (excludes halogenated alkanes) is 3. The first-order chi connectivity index (χ1) is 21.3. The number of aryl methyl sites for hydroxylation is 1. The minimum Gasteiger partial charge on any atom is -0.411 e. The Labute approximate surface area is 256 Å². The number of para-hydroxylation sites is 1. The minimum atomic E-state index is -4.16. The topological polar surface area (TPSA) is 115 Å². The number of carbonyl (C=O) groups excluding carboxylic acids is 2. The summed E-state index contributed by atoms with van der Waals surface area (Å²) < 4.78 is 33.4. The van der Waals surface area contributed by atoms with Crippen LogP contribution >= 0.6 is 0 Å². The normalized spacial score (nSPS) is 12.1. The quantitative estimate of drug-likeness (QED) is 0.0363. The predicted molar refractivity (Wildman–Crippen MR) is 172 cm³/mol. The largest absolute Gasteiger partial charge is 0.411 e. The van der Waals surface area contributed by atoms with E-state index >= 15 is 0 Å². The number of oxime groups is 1. The molecular formula is C35H34N2O6S. The number of ketones is 2. The standard InChI is InChI=1S/C35H34N2O6S/c1-3-5-6-10-16-30(36-40)35(39)25-19-21-32-29(23-25)28-22-24(18-20-31(28)37(32)4-2)34(38)27-15-11-12-17-33(27)43-44(41,42)26-13-8-7-9-14-26/h7-9,11-15,17-23,40H,3-6,10,16H2,1-2H3/b36-30+. The van der Waals surface area contributed by atoms with E-state index in [4.69, 9.17) is 4.18 Å². The van der Waals surface area contributed by atoms with Gasteiger partial charge in [0.2, 0.25) is 5.78 Å². The van der Waals surface area contributed by atoms with Crippen LogP contribution in [0, 0.1) is 0 Å². The monoisotopic (exact) mass is 610 g/mol. The number of rotatable bonds is 13. The summed E-state index contributed by atoms with van der Waals surface area (Å²) in [6, 6.07) is 24.7. The Morgan fingerprint density at radius 1 is 0.795 bits per heavy atom. The molecule has 0 amide bonds. The molecule has 0 atom stereocenters. The van der Waals surface area contributed by atoms with Gasteiger partial charge >= 0.3 is 10.1 Å². The molecule has 44 heavy (non-hydrogen) atoms. The van der Waals surface area contributed by atoms with Gasteiger partial charge in [-0.25, -0.2) is 0 Å². The summed E-state index contributed by atoms with van der Waals surface area (Å²) in [5.41, 5.74) is 2.75. The minimum absolute atomic E-state index is 0.0169. The van der Waals surface area contributed by atoms with Crippen molar-refractivity contribution in [2.24, 2.45) is 5.16 Å². The fraction of sp³-hybridized carbons (Fsp3) is 0.229. The van der Waals surface area contributed by atoms with Gasteiger partial charge in [-0.3, -0.25) is 9.59 Å². The molecule has 226 valence electrons. The van der Waals surface area contributed by atoms with Crippen molar-refractivity contribution in [3.05, 3.63) is 108 Å². The molecular weight excluding hydrogens is 576 g/mol. The third-order valence-corrected chi connectivity index (χ3v) is 8.97. The number of hydrogen-bond acceptors (Lipinski definition) is 7. The highest BCUT2D eigenvalue weighted by molar-refractivity contribution is 7.87. The van der Waals surface area contributed by atoms with Gasteiger partial charge in [0.1, 0.15) is 10.6 Å². The van der Waals surface area contributed by atoms with Crippen molar-refractivity contribution < 1.29 is 27.4 Å². The fourth-order valence-corrected chi connectivity index (χ4v) is 6.43. The number of hydrogen-bond donors (Lipinski definition) is 1. The van der Waals surface area contributed by atoms with Crippen LogP contribution in [-0.2, 0) is 16.7 Å². The van der Waals surface area contributed by atoms with Crippen molar-refractivity contribution in [2.45, 2.75) is 57.4 Å². The zero-order valence-corrected chi connectivity index (χ0v) is 25.5. The summed E-state index contributed by atoms with van der Waals surface area (Å²) in [6.07, 6.45) is 4.22. The molecule has 0 unspecified atom stereocenters. The summed E-state index contributed by atoms with van der Waals surface area (Å²) in [5, 5.41) is 14.4. The lowest BCUT2D eigenvalue weighted by molar-refractivity contribution is 0.103. The van der Waals surface area contributed by atoms with Crippen LogP contribution in [0.25, 0.3) is 21.8 Å². The van der Waals surface area contributed by atoms with Crippen LogP contribution < -0.4 is 4.18 Å². The van der Waals surface area contributed by atoms with Crippen molar-refractivity contribution >= 4 is 49.2 Å². The van der Waals surface area contributed by atoms with Gasteiger partial charge in [0.25, 0.3) is 0 Å². The van der Waals surface area contributed by atoms with Crippen molar-refractivity contribution in [1.82, 2.24) is 4.57 Å². The highest BCUT2D eigenvalue weighted by Crippen LogP contribution is 2.33. The van der Waals surface area contributed by atoms with Crippen molar-refractivity contribution in [1.29, 1.82) is 0 Å². The van der Waals surface area contributed by atoms with Gasteiger partial charge in [0.15, 0.2) is 11.5 Å². The second-order valence-corrected chi connectivity index (χ2v) is 12.1. The number of aromatic nitrogens is 1. The summed E-state index contributed by atoms with van der Waals surface area (Å²) >= 11 is 0. The lowest BCUT2D eigenvalue weighted by Gasteiger charge is -2.11. The molecule has 5 rings (SSSR count). The first-order valence-corrected chi connectivity index (χ1v) is 16.1. The van der Waals surface area contributed by atoms with Crippen LogP contribution in [0.15, 0.2) is 101 Å².